The molecule has 0 nitrogen and oxygen atoms in total. The van der Waals surface area contributed by atoms with E-state index in [0.717, 1.165) is 0 Å². The molecule has 0 aromatic heterocycles. The van der Waals surface area contributed by atoms with Gasteiger partial charge in [-0.3, -0.25) is 0 Å². The summed E-state index contributed by atoms with van der Waals surface area (Å²) < 4.78 is 25.9. The molecule has 0 aliphatic carbocycles. The molecule has 0 radical (unpaired) electrons. The van der Waals surface area contributed by atoms with E-state index in [1.54, 1.807) is 0 Å². The van der Waals surface area contributed by atoms with Gasteiger partial charge in [-0.15, -0.1) is 15.8 Å². The third-order valence-corrected chi connectivity index (χ3v) is 3.29. The van der Waals surface area contributed by atoms with Crippen molar-refractivity contribution >= 4 is 15.8 Å². The zero-order valence-corrected chi connectivity index (χ0v) is 9.35. The standard InChI is InChI=1S/C7H16F2P2/c1-10(2)5-7(8,9)6-11(3)4/h5-6H2,1-4H3. The minimum atomic E-state index is -2.40. The molecule has 0 amide bonds. The maximum atomic E-state index is 13.0. The first kappa shape index (κ1) is 11.7. The van der Waals surface area contributed by atoms with Crippen LogP contribution in [0.4, 0.5) is 8.78 Å². The lowest BCUT2D eigenvalue weighted by atomic mass is 10.5. The minimum absolute atomic E-state index is 0.100. The van der Waals surface area contributed by atoms with Crippen LogP contribution in [0.15, 0.2) is 0 Å². The molecule has 0 aliphatic rings. The van der Waals surface area contributed by atoms with Crippen LogP contribution in [0.2, 0.25) is 0 Å². The molecule has 0 rings (SSSR count). The third-order valence-electron chi connectivity index (χ3n) is 1.10. The molecule has 4 heteroatoms. The summed E-state index contributed by atoms with van der Waals surface area (Å²) in [6.45, 7) is 7.60. The molecule has 0 aromatic rings. The molecular formula is C7H16F2P2. The van der Waals surface area contributed by atoms with Crippen LogP contribution in [0.25, 0.3) is 0 Å². The van der Waals surface area contributed by atoms with Crippen molar-refractivity contribution in [1.82, 2.24) is 0 Å². The maximum Gasteiger partial charge on any atom is 0.255 e. The highest BCUT2D eigenvalue weighted by Gasteiger charge is 2.30. The Balaban J connectivity index is 3.79. The van der Waals surface area contributed by atoms with E-state index < -0.39 is 21.8 Å². The van der Waals surface area contributed by atoms with E-state index in [2.05, 4.69) is 0 Å². The van der Waals surface area contributed by atoms with Crippen molar-refractivity contribution in [2.24, 2.45) is 0 Å². The van der Waals surface area contributed by atoms with Crippen LogP contribution in [0.3, 0.4) is 0 Å². The molecular weight excluding hydrogens is 184 g/mol. The maximum absolute atomic E-state index is 13.0. The van der Waals surface area contributed by atoms with Gasteiger partial charge in [0.25, 0.3) is 5.92 Å². The molecule has 0 bridgehead atoms. The van der Waals surface area contributed by atoms with E-state index in [4.69, 9.17) is 0 Å². The van der Waals surface area contributed by atoms with Gasteiger partial charge in [-0.25, -0.2) is 8.78 Å². The summed E-state index contributed by atoms with van der Waals surface area (Å²) in [7, 11) is -0.917. The minimum Gasteiger partial charge on any atom is -0.206 e. The van der Waals surface area contributed by atoms with Gasteiger partial charge in [-0.2, -0.15) is 0 Å². The van der Waals surface area contributed by atoms with Gasteiger partial charge in [0.15, 0.2) is 0 Å². The Kier molecular flexibility index (Phi) is 4.98. The van der Waals surface area contributed by atoms with Crippen molar-refractivity contribution in [3.05, 3.63) is 0 Å². The van der Waals surface area contributed by atoms with Crippen molar-refractivity contribution in [2.75, 3.05) is 39.0 Å². The average molecular weight is 200 g/mol. The molecule has 0 unspecified atom stereocenters. The second-order valence-corrected chi connectivity index (χ2v) is 8.28. The Morgan fingerprint density at radius 2 is 1.18 bits per heavy atom. The molecule has 0 fully saturated rings. The van der Waals surface area contributed by atoms with Crippen LogP contribution in [0.1, 0.15) is 0 Å². The Bertz CT molecular complexity index is 101. The summed E-state index contributed by atoms with van der Waals surface area (Å²) >= 11 is 0. The zero-order valence-electron chi connectivity index (χ0n) is 7.56. The molecule has 0 aromatic carbocycles. The number of rotatable bonds is 4. The number of halogens is 2. The summed E-state index contributed by atoms with van der Waals surface area (Å²) in [6.07, 6.45) is 0.200. The Morgan fingerprint density at radius 1 is 0.909 bits per heavy atom. The van der Waals surface area contributed by atoms with Crippen LogP contribution in [-0.4, -0.2) is 44.9 Å². The van der Waals surface area contributed by atoms with Gasteiger partial charge in [0.1, 0.15) is 0 Å². The highest BCUT2D eigenvalue weighted by molar-refractivity contribution is 7.57. The molecule has 0 N–H and O–H groups in total. The number of alkyl halides is 2. The number of hydrogen-bond acceptors (Lipinski definition) is 0. The molecule has 0 saturated heterocycles. The van der Waals surface area contributed by atoms with Crippen molar-refractivity contribution in [2.45, 2.75) is 5.92 Å². The molecule has 11 heavy (non-hydrogen) atoms. The first-order valence-electron chi connectivity index (χ1n) is 3.51. The van der Waals surface area contributed by atoms with Gasteiger partial charge in [0.05, 0.1) is 0 Å². The lowest BCUT2D eigenvalue weighted by Crippen LogP contribution is -2.24. The third kappa shape index (κ3) is 7.09. The van der Waals surface area contributed by atoms with Crippen LogP contribution in [0, 0.1) is 0 Å². The van der Waals surface area contributed by atoms with Gasteiger partial charge >= 0.3 is 0 Å². The van der Waals surface area contributed by atoms with Gasteiger partial charge in [0.2, 0.25) is 0 Å². The predicted molar refractivity (Wildman–Crippen MR) is 52.2 cm³/mol. The van der Waals surface area contributed by atoms with Gasteiger partial charge in [-0.1, -0.05) is 0 Å². The summed E-state index contributed by atoms with van der Waals surface area (Å²) in [5, 5.41) is 0. The first-order chi connectivity index (χ1) is 4.83. The molecule has 0 aliphatic heterocycles. The quantitative estimate of drug-likeness (QED) is 0.611. The second-order valence-electron chi connectivity index (χ2n) is 3.33. The van der Waals surface area contributed by atoms with E-state index in [-0.39, 0.29) is 12.3 Å². The molecule has 0 spiro atoms. The van der Waals surface area contributed by atoms with Gasteiger partial charge in [0, 0.05) is 12.3 Å². The highest BCUT2D eigenvalue weighted by Crippen LogP contribution is 2.39. The predicted octanol–water partition coefficient (Wildman–Crippen LogP) is 3.10. The fraction of sp³-hybridized carbons (Fsp3) is 1.00. The van der Waals surface area contributed by atoms with Crippen molar-refractivity contribution in [1.29, 1.82) is 0 Å². The van der Waals surface area contributed by atoms with Gasteiger partial charge in [-0.05, 0) is 26.7 Å². The number of hydrogen-bond donors (Lipinski definition) is 0. The van der Waals surface area contributed by atoms with Crippen molar-refractivity contribution < 1.29 is 8.78 Å². The van der Waals surface area contributed by atoms with Crippen LogP contribution in [0.5, 0.6) is 0 Å². The summed E-state index contributed by atoms with van der Waals surface area (Å²) in [6, 6.07) is 0. The summed E-state index contributed by atoms with van der Waals surface area (Å²) in [4.78, 5) is 0. The fourth-order valence-corrected chi connectivity index (χ4v) is 3.23. The lowest BCUT2D eigenvalue weighted by Gasteiger charge is -2.20. The SMILES string of the molecule is CP(C)CC(F)(F)CP(C)C. The fourth-order valence-electron chi connectivity index (χ4n) is 0.975. The van der Waals surface area contributed by atoms with E-state index >= 15 is 0 Å². The Morgan fingerprint density at radius 3 is 1.36 bits per heavy atom. The molecule has 68 valence electrons. The largest absolute Gasteiger partial charge is 0.255 e. The molecule has 0 saturated carbocycles. The van der Waals surface area contributed by atoms with Crippen LogP contribution < -0.4 is 0 Å². The van der Waals surface area contributed by atoms with Crippen LogP contribution in [-0.2, 0) is 0 Å². The monoisotopic (exact) mass is 200 g/mol. The van der Waals surface area contributed by atoms with E-state index in [9.17, 15) is 8.78 Å². The first-order valence-corrected chi connectivity index (χ1v) is 8.35. The molecule has 0 atom stereocenters. The Hall–Kier alpha value is 0.720. The van der Waals surface area contributed by atoms with Crippen molar-refractivity contribution in [3.63, 3.8) is 0 Å². The van der Waals surface area contributed by atoms with E-state index in [1.165, 1.54) is 0 Å². The smallest absolute Gasteiger partial charge is 0.206 e. The van der Waals surface area contributed by atoms with E-state index in [1.807, 2.05) is 26.7 Å². The zero-order chi connectivity index (χ0) is 9.07. The summed E-state index contributed by atoms with van der Waals surface area (Å²) in [5.41, 5.74) is 0. The summed E-state index contributed by atoms with van der Waals surface area (Å²) in [5.74, 6) is -2.40. The second kappa shape index (κ2) is 4.67. The highest BCUT2D eigenvalue weighted by atomic mass is 31.1. The average Bonchev–Trinajstić information content (AvgIpc) is 1.53. The van der Waals surface area contributed by atoms with E-state index in [0.29, 0.717) is 0 Å². The molecule has 0 heterocycles. The topological polar surface area (TPSA) is 0 Å². The van der Waals surface area contributed by atoms with Crippen molar-refractivity contribution in [3.8, 4) is 0 Å². The normalized spacial score (nSPS) is 13.1. The Labute approximate surface area is 70.3 Å². The van der Waals surface area contributed by atoms with Crippen LogP contribution >= 0.6 is 15.8 Å². The van der Waals surface area contributed by atoms with Gasteiger partial charge < -0.3 is 0 Å². The lowest BCUT2D eigenvalue weighted by molar-refractivity contribution is 0.0527.